The molecule has 1 aromatic heterocycles. The predicted octanol–water partition coefficient (Wildman–Crippen LogP) is 0.279. The van der Waals surface area contributed by atoms with E-state index in [1.165, 1.54) is 17.5 Å². The van der Waals surface area contributed by atoms with Gasteiger partial charge in [0.15, 0.2) is 0 Å². The number of hydrogen-bond acceptors (Lipinski definition) is 4. The smallest absolute Gasteiger partial charge is 0.208 e. The molecular formula is C12H22N4O2S. The van der Waals surface area contributed by atoms with E-state index in [1.54, 1.807) is 0 Å². The van der Waals surface area contributed by atoms with Crippen LogP contribution in [0, 0.1) is 0 Å². The zero-order chi connectivity index (χ0) is 14.0. The molecule has 0 saturated carbocycles. The molecule has 1 aromatic rings. The first kappa shape index (κ1) is 14.5. The van der Waals surface area contributed by atoms with Crippen molar-refractivity contribution in [1.82, 2.24) is 19.4 Å². The van der Waals surface area contributed by atoms with Crippen LogP contribution in [0.25, 0.3) is 0 Å². The lowest BCUT2D eigenvalue weighted by Crippen LogP contribution is -2.35. The van der Waals surface area contributed by atoms with Gasteiger partial charge in [-0.25, -0.2) is 13.1 Å². The average molecular weight is 286 g/mol. The van der Waals surface area contributed by atoms with Crippen LogP contribution in [-0.4, -0.2) is 49.5 Å². The molecule has 0 spiro atoms. The van der Waals surface area contributed by atoms with E-state index in [0.717, 1.165) is 19.3 Å². The third-order valence-corrected chi connectivity index (χ3v) is 4.43. The Balaban J connectivity index is 1.99. The van der Waals surface area contributed by atoms with Crippen molar-refractivity contribution < 1.29 is 8.42 Å². The second-order valence-corrected chi connectivity index (χ2v) is 7.06. The first-order valence-corrected chi connectivity index (χ1v) is 8.43. The summed E-state index contributed by atoms with van der Waals surface area (Å²) < 4.78 is 26.6. The van der Waals surface area contributed by atoms with Crippen molar-refractivity contribution in [2.75, 3.05) is 26.4 Å². The van der Waals surface area contributed by atoms with Gasteiger partial charge in [-0.15, -0.1) is 0 Å². The summed E-state index contributed by atoms with van der Waals surface area (Å²) in [5, 5.41) is 4.33. The zero-order valence-corrected chi connectivity index (χ0v) is 12.6. The molecule has 0 amide bonds. The molecule has 1 heterocycles. The van der Waals surface area contributed by atoms with E-state index in [1.807, 2.05) is 25.0 Å². The van der Waals surface area contributed by atoms with E-state index in [2.05, 4.69) is 14.7 Å². The molecule has 1 atom stereocenters. The van der Waals surface area contributed by atoms with Gasteiger partial charge in [0, 0.05) is 37.4 Å². The van der Waals surface area contributed by atoms with Crippen molar-refractivity contribution in [2.24, 2.45) is 7.05 Å². The lowest BCUT2D eigenvalue weighted by atomic mass is 9.92. The van der Waals surface area contributed by atoms with Crippen LogP contribution in [0.5, 0.6) is 0 Å². The first-order chi connectivity index (χ1) is 8.88. The van der Waals surface area contributed by atoms with Gasteiger partial charge in [-0.05, 0) is 26.3 Å². The summed E-state index contributed by atoms with van der Waals surface area (Å²) in [6.45, 7) is 1.15. The monoisotopic (exact) mass is 286 g/mol. The minimum absolute atomic E-state index is 0.346. The van der Waals surface area contributed by atoms with Gasteiger partial charge in [-0.3, -0.25) is 9.58 Å². The molecule has 6 nitrogen and oxygen atoms in total. The summed E-state index contributed by atoms with van der Waals surface area (Å²) in [6, 6.07) is 0.346. The van der Waals surface area contributed by atoms with Gasteiger partial charge in [0.2, 0.25) is 10.0 Å². The normalized spacial score (nSPS) is 19.7. The Hall–Kier alpha value is -0.920. The highest BCUT2D eigenvalue weighted by Gasteiger charge is 2.26. The first-order valence-electron chi connectivity index (χ1n) is 6.54. The molecule has 108 valence electrons. The maximum Gasteiger partial charge on any atom is 0.208 e. The highest BCUT2D eigenvalue weighted by atomic mass is 32.2. The Bertz CT molecular complexity index is 538. The summed E-state index contributed by atoms with van der Waals surface area (Å²) in [7, 11) is 0.917. The Morgan fingerprint density at radius 3 is 3.00 bits per heavy atom. The summed E-state index contributed by atoms with van der Waals surface area (Å²) in [4.78, 5) is 2.21. The van der Waals surface area contributed by atoms with Gasteiger partial charge in [-0.1, -0.05) is 0 Å². The average Bonchev–Trinajstić information content (AvgIpc) is 2.69. The fourth-order valence-corrected chi connectivity index (χ4v) is 3.17. The molecule has 0 saturated heterocycles. The number of nitrogens with one attached hydrogen (secondary N) is 1. The molecule has 0 fully saturated rings. The van der Waals surface area contributed by atoms with E-state index >= 15 is 0 Å². The summed E-state index contributed by atoms with van der Waals surface area (Å²) in [6.07, 6.45) is 6.47. The Labute approximate surface area is 114 Å². The van der Waals surface area contributed by atoms with E-state index in [9.17, 15) is 8.42 Å². The molecule has 0 aliphatic heterocycles. The molecular weight excluding hydrogens is 264 g/mol. The van der Waals surface area contributed by atoms with Crippen LogP contribution in [0.15, 0.2) is 6.20 Å². The van der Waals surface area contributed by atoms with Crippen molar-refractivity contribution in [3.8, 4) is 0 Å². The summed E-state index contributed by atoms with van der Waals surface area (Å²) in [5.41, 5.74) is 2.59. The van der Waals surface area contributed by atoms with Crippen molar-refractivity contribution >= 4 is 10.0 Å². The van der Waals surface area contributed by atoms with E-state index < -0.39 is 10.0 Å². The Morgan fingerprint density at radius 1 is 1.58 bits per heavy atom. The number of likely N-dealkylation sites (N-methyl/N-ethyl adjacent to an activating group) is 1. The molecule has 0 radical (unpaired) electrons. The molecule has 19 heavy (non-hydrogen) atoms. The van der Waals surface area contributed by atoms with Crippen LogP contribution in [0.2, 0.25) is 0 Å². The molecule has 1 aliphatic carbocycles. The fourth-order valence-electron chi connectivity index (χ4n) is 2.70. The van der Waals surface area contributed by atoms with Gasteiger partial charge in [0.05, 0.1) is 12.5 Å². The Morgan fingerprint density at radius 2 is 2.32 bits per heavy atom. The quantitative estimate of drug-likeness (QED) is 0.844. The van der Waals surface area contributed by atoms with Gasteiger partial charge >= 0.3 is 0 Å². The minimum atomic E-state index is -3.10. The van der Waals surface area contributed by atoms with Crippen LogP contribution in [0.1, 0.15) is 30.1 Å². The predicted molar refractivity (Wildman–Crippen MR) is 74.4 cm³/mol. The molecule has 7 heteroatoms. The zero-order valence-electron chi connectivity index (χ0n) is 11.8. The molecule has 1 N–H and O–H groups in total. The second-order valence-electron chi connectivity index (χ2n) is 5.23. The van der Waals surface area contributed by atoms with Crippen LogP contribution in [-0.2, 0) is 23.5 Å². The van der Waals surface area contributed by atoms with E-state index in [0.29, 0.717) is 19.1 Å². The topological polar surface area (TPSA) is 67.2 Å². The van der Waals surface area contributed by atoms with Crippen LogP contribution in [0.3, 0.4) is 0 Å². The summed E-state index contributed by atoms with van der Waals surface area (Å²) >= 11 is 0. The second kappa shape index (κ2) is 5.60. The third-order valence-electron chi connectivity index (χ3n) is 3.70. The number of aryl methyl sites for hydroxylation is 1. The lowest BCUT2D eigenvalue weighted by Gasteiger charge is -2.31. The van der Waals surface area contributed by atoms with Gasteiger partial charge in [0.1, 0.15) is 0 Å². The molecule has 0 aromatic carbocycles. The van der Waals surface area contributed by atoms with Crippen molar-refractivity contribution in [3.05, 3.63) is 17.5 Å². The summed E-state index contributed by atoms with van der Waals surface area (Å²) in [5.74, 6) is 0. The standard InChI is InChI=1S/C12H22N4O2S/c1-15(8-7-14-19(3,17)18)11-5-4-6-12-10(11)9-13-16(12)2/h9,11,14H,4-8H2,1-3H3/t11-/m0/s1. The molecule has 1 aliphatic rings. The highest BCUT2D eigenvalue weighted by Crippen LogP contribution is 2.32. The van der Waals surface area contributed by atoms with Crippen molar-refractivity contribution in [2.45, 2.75) is 25.3 Å². The number of hydrogen-bond donors (Lipinski definition) is 1. The number of fused-ring (bicyclic) bond motifs is 1. The highest BCUT2D eigenvalue weighted by molar-refractivity contribution is 7.88. The molecule has 0 bridgehead atoms. The van der Waals surface area contributed by atoms with Crippen molar-refractivity contribution in [1.29, 1.82) is 0 Å². The fraction of sp³-hybridized carbons (Fsp3) is 0.750. The third kappa shape index (κ3) is 3.55. The SMILES string of the molecule is CN(CCNS(C)(=O)=O)[C@H]1CCCc2c1cnn2C. The maximum absolute atomic E-state index is 11.0. The number of rotatable bonds is 5. The van der Waals surface area contributed by atoms with E-state index in [-0.39, 0.29) is 0 Å². The minimum Gasteiger partial charge on any atom is -0.298 e. The van der Waals surface area contributed by atoms with Gasteiger partial charge in [0.25, 0.3) is 0 Å². The number of sulfonamides is 1. The van der Waals surface area contributed by atoms with Crippen molar-refractivity contribution in [3.63, 3.8) is 0 Å². The lowest BCUT2D eigenvalue weighted by molar-refractivity contribution is 0.224. The van der Waals surface area contributed by atoms with Gasteiger partial charge in [-0.2, -0.15) is 5.10 Å². The van der Waals surface area contributed by atoms with Crippen LogP contribution in [0.4, 0.5) is 0 Å². The Kier molecular flexibility index (Phi) is 4.27. The van der Waals surface area contributed by atoms with Crippen LogP contribution < -0.4 is 4.72 Å². The number of nitrogens with zero attached hydrogens (tertiary/aromatic N) is 3. The maximum atomic E-state index is 11.0. The molecule has 2 rings (SSSR count). The molecule has 0 unspecified atom stereocenters. The van der Waals surface area contributed by atoms with Gasteiger partial charge < -0.3 is 0 Å². The van der Waals surface area contributed by atoms with Crippen LogP contribution >= 0.6 is 0 Å². The number of aromatic nitrogens is 2. The largest absolute Gasteiger partial charge is 0.298 e. The van der Waals surface area contributed by atoms with E-state index in [4.69, 9.17) is 0 Å².